The smallest absolute Gasteiger partial charge is 0.251 e. The molecule has 162 valence electrons. The van der Waals surface area contributed by atoms with Gasteiger partial charge in [0.1, 0.15) is 5.75 Å². The maximum Gasteiger partial charge on any atom is 0.251 e. The van der Waals surface area contributed by atoms with Gasteiger partial charge in [-0.1, -0.05) is 25.1 Å². The van der Waals surface area contributed by atoms with Crippen molar-refractivity contribution in [1.29, 1.82) is 0 Å². The van der Waals surface area contributed by atoms with E-state index in [-0.39, 0.29) is 10.8 Å². The normalized spacial score (nSPS) is 15.1. The highest BCUT2D eigenvalue weighted by atomic mass is 32.2. The van der Waals surface area contributed by atoms with Gasteiger partial charge in [0.05, 0.1) is 17.7 Å². The Morgan fingerprint density at radius 1 is 1.10 bits per heavy atom. The number of benzene rings is 2. The zero-order chi connectivity index (χ0) is 21.7. The molecule has 1 heterocycles. The molecule has 3 rings (SSSR count). The van der Waals surface area contributed by atoms with Crippen LogP contribution in [-0.2, 0) is 10.0 Å². The third kappa shape index (κ3) is 4.60. The fourth-order valence-corrected chi connectivity index (χ4v) is 5.00. The van der Waals surface area contributed by atoms with Gasteiger partial charge in [-0.3, -0.25) is 4.79 Å². The summed E-state index contributed by atoms with van der Waals surface area (Å²) in [6, 6.07) is 12.5. The molecule has 0 radical (unpaired) electrons. The van der Waals surface area contributed by atoms with E-state index in [9.17, 15) is 13.2 Å². The van der Waals surface area contributed by atoms with Gasteiger partial charge in [-0.2, -0.15) is 4.31 Å². The number of nitrogens with one attached hydrogen (secondary N) is 1. The van der Waals surface area contributed by atoms with E-state index >= 15 is 0 Å². The largest absolute Gasteiger partial charge is 0.495 e. The number of para-hydroxylation sites is 2. The Bertz CT molecular complexity index is 999. The SMILES string of the molecule is CCCNC(=O)c1cc(S(=O)(=O)N2CCN(c3ccccc3OC)CC2)ccc1C. The van der Waals surface area contributed by atoms with Crippen LogP contribution in [0.5, 0.6) is 5.75 Å². The van der Waals surface area contributed by atoms with Crippen LogP contribution >= 0.6 is 0 Å². The number of hydrogen-bond acceptors (Lipinski definition) is 5. The number of anilines is 1. The molecular formula is C22H29N3O4S. The summed E-state index contributed by atoms with van der Waals surface area (Å²) < 4.78 is 33.3. The van der Waals surface area contributed by atoms with Crippen molar-refractivity contribution in [3.63, 3.8) is 0 Å². The van der Waals surface area contributed by atoms with E-state index in [2.05, 4.69) is 10.2 Å². The summed E-state index contributed by atoms with van der Waals surface area (Å²) in [6.07, 6.45) is 0.819. The minimum absolute atomic E-state index is 0.153. The summed E-state index contributed by atoms with van der Waals surface area (Å²) >= 11 is 0. The van der Waals surface area contributed by atoms with Crippen molar-refractivity contribution in [3.05, 3.63) is 53.6 Å². The number of carbonyl (C=O) groups is 1. The first-order valence-electron chi connectivity index (χ1n) is 10.2. The third-order valence-corrected chi connectivity index (χ3v) is 7.19. The zero-order valence-corrected chi connectivity index (χ0v) is 18.5. The Labute approximate surface area is 178 Å². The fraction of sp³-hybridized carbons (Fsp3) is 0.409. The van der Waals surface area contributed by atoms with Gasteiger partial charge in [0.25, 0.3) is 5.91 Å². The monoisotopic (exact) mass is 431 g/mol. The van der Waals surface area contributed by atoms with Crippen LogP contribution in [0.25, 0.3) is 0 Å². The molecule has 0 aliphatic carbocycles. The van der Waals surface area contributed by atoms with Gasteiger partial charge >= 0.3 is 0 Å². The number of hydrogen-bond donors (Lipinski definition) is 1. The number of methoxy groups -OCH3 is 1. The quantitative estimate of drug-likeness (QED) is 0.729. The van der Waals surface area contributed by atoms with Crippen LogP contribution in [0.3, 0.4) is 0 Å². The van der Waals surface area contributed by atoms with Crippen molar-refractivity contribution in [2.24, 2.45) is 0 Å². The van der Waals surface area contributed by atoms with Gasteiger partial charge in [0.2, 0.25) is 10.0 Å². The molecule has 0 bridgehead atoms. The standard InChI is InChI=1S/C22H29N3O4S/c1-4-11-23-22(26)19-16-18(10-9-17(19)2)30(27,28)25-14-12-24(13-15-25)20-7-5-6-8-21(20)29-3/h5-10,16H,4,11-15H2,1-3H3,(H,23,26). The lowest BCUT2D eigenvalue weighted by atomic mass is 10.1. The lowest BCUT2D eigenvalue weighted by molar-refractivity contribution is 0.0953. The molecule has 2 aromatic rings. The zero-order valence-electron chi connectivity index (χ0n) is 17.7. The molecule has 0 spiro atoms. The molecule has 0 unspecified atom stereocenters. The van der Waals surface area contributed by atoms with Gasteiger partial charge in [-0.05, 0) is 43.2 Å². The number of rotatable bonds is 7. The lowest BCUT2D eigenvalue weighted by Gasteiger charge is -2.36. The van der Waals surface area contributed by atoms with E-state index in [1.165, 1.54) is 10.4 Å². The maximum absolute atomic E-state index is 13.2. The van der Waals surface area contributed by atoms with Crippen molar-refractivity contribution >= 4 is 21.6 Å². The van der Waals surface area contributed by atoms with Gasteiger partial charge in [0.15, 0.2) is 0 Å². The van der Waals surface area contributed by atoms with Crippen molar-refractivity contribution in [1.82, 2.24) is 9.62 Å². The predicted octanol–water partition coefficient (Wildman–Crippen LogP) is 2.65. The second kappa shape index (κ2) is 9.49. The van der Waals surface area contributed by atoms with Gasteiger partial charge in [-0.25, -0.2) is 8.42 Å². The Morgan fingerprint density at radius 2 is 1.80 bits per heavy atom. The topological polar surface area (TPSA) is 79.0 Å². The third-order valence-electron chi connectivity index (χ3n) is 5.29. The van der Waals surface area contributed by atoms with Crippen LogP contribution in [0, 0.1) is 6.92 Å². The highest BCUT2D eigenvalue weighted by Gasteiger charge is 2.30. The summed E-state index contributed by atoms with van der Waals surface area (Å²) in [4.78, 5) is 14.7. The Hall–Kier alpha value is -2.58. The van der Waals surface area contributed by atoms with E-state index < -0.39 is 10.0 Å². The molecule has 1 amide bonds. The van der Waals surface area contributed by atoms with E-state index in [4.69, 9.17) is 4.74 Å². The number of carbonyl (C=O) groups excluding carboxylic acids is 1. The first-order chi connectivity index (χ1) is 14.4. The second-order valence-electron chi connectivity index (χ2n) is 7.30. The molecule has 0 atom stereocenters. The number of amides is 1. The van der Waals surface area contributed by atoms with Crippen LogP contribution in [0.15, 0.2) is 47.4 Å². The Kier molecular flexibility index (Phi) is 6.99. The Balaban J connectivity index is 1.76. The first-order valence-corrected chi connectivity index (χ1v) is 11.6. The van der Waals surface area contributed by atoms with Crippen molar-refractivity contribution in [2.75, 3.05) is 44.7 Å². The first kappa shape index (κ1) is 22.1. The van der Waals surface area contributed by atoms with Crippen LogP contribution in [0.1, 0.15) is 29.3 Å². The molecule has 1 N–H and O–H groups in total. The summed E-state index contributed by atoms with van der Waals surface area (Å²) in [7, 11) is -2.05. The van der Waals surface area contributed by atoms with Crippen molar-refractivity contribution < 1.29 is 17.9 Å². The fourth-order valence-electron chi connectivity index (χ4n) is 3.55. The van der Waals surface area contributed by atoms with E-state index in [0.29, 0.717) is 38.3 Å². The average molecular weight is 432 g/mol. The minimum atomic E-state index is -3.68. The molecule has 8 heteroatoms. The summed E-state index contributed by atoms with van der Waals surface area (Å²) in [6.45, 7) is 6.20. The number of sulfonamides is 1. The second-order valence-corrected chi connectivity index (χ2v) is 9.23. The molecular weight excluding hydrogens is 402 g/mol. The van der Waals surface area contributed by atoms with Gasteiger partial charge in [-0.15, -0.1) is 0 Å². The summed E-state index contributed by atoms with van der Waals surface area (Å²) in [5.74, 6) is 0.530. The van der Waals surface area contributed by atoms with Crippen molar-refractivity contribution in [3.8, 4) is 5.75 Å². The molecule has 30 heavy (non-hydrogen) atoms. The number of piperazine rings is 1. The molecule has 1 aliphatic heterocycles. The van der Waals surface area contributed by atoms with Crippen LogP contribution in [0.2, 0.25) is 0 Å². The van der Waals surface area contributed by atoms with Crippen LogP contribution in [-0.4, -0.2) is 58.5 Å². The number of ether oxygens (including phenoxy) is 1. The van der Waals surface area contributed by atoms with E-state index in [1.807, 2.05) is 38.1 Å². The highest BCUT2D eigenvalue weighted by Crippen LogP contribution is 2.29. The van der Waals surface area contributed by atoms with Gasteiger partial charge < -0.3 is 15.0 Å². The summed E-state index contributed by atoms with van der Waals surface area (Å²) in [5, 5.41) is 2.82. The van der Waals surface area contributed by atoms with E-state index in [0.717, 1.165) is 23.4 Å². The van der Waals surface area contributed by atoms with Gasteiger partial charge in [0, 0.05) is 38.3 Å². The molecule has 7 nitrogen and oxygen atoms in total. The Morgan fingerprint density at radius 3 is 2.47 bits per heavy atom. The highest BCUT2D eigenvalue weighted by molar-refractivity contribution is 7.89. The average Bonchev–Trinajstić information content (AvgIpc) is 2.77. The molecule has 0 aromatic heterocycles. The van der Waals surface area contributed by atoms with Crippen molar-refractivity contribution in [2.45, 2.75) is 25.2 Å². The van der Waals surface area contributed by atoms with E-state index in [1.54, 1.807) is 19.2 Å². The minimum Gasteiger partial charge on any atom is -0.495 e. The molecule has 0 saturated carbocycles. The predicted molar refractivity (Wildman–Crippen MR) is 118 cm³/mol. The molecule has 1 saturated heterocycles. The molecule has 2 aromatic carbocycles. The van der Waals surface area contributed by atoms with Crippen LogP contribution in [0.4, 0.5) is 5.69 Å². The number of aryl methyl sites for hydroxylation is 1. The molecule has 1 fully saturated rings. The molecule has 1 aliphatic rings. The van der Waals surface area contributed by atoms with Crippen LogP contribution < -0.4 is 15.0 Å². The lowest BCUT2D eigenvalue weighted by Crippen LogP contribution is -2.48. The number of nitrogens with zero attached hydrogens (tertiary/aromatic N) is 2. The maximum atomic E-state index is 13.2. The summed E-state index contributed by atoms with van der Waals surface area (Å²) in [5.41, 5.74) is 2.11.